The fraction of sp³-hybridized carbons (Fsp3) is 0.706. The molecule has 2 rings (SSSR count). The standard InChI is InChI=1S/C17H11ClF16N4O/c18-17(33,34)16(31,32)15(29,30)14(27,28)13(25,26)12(23,24)11(21,22)10(19,20)8(39)37-4-6-38(7-5-37)9-35-2-1-3-36-9/h1-3H,4-7H2. The van der Waals surface area contributed by atoms with Gasteiger partial charge in [-0.15, -0.1) is 0 Å². The average molecular weight is 627 g/mol. The van der Waals surface area contributed by atoms with Gasteiger partial charge >= 0.3 is 46.8 Å². The predicted molar refractivity (Wildman–Crippen MR) is 96.3 cm³/mol. The molecule has 1 aromatic heterocycles. The summed E-state index contributed by atoms with van der Waals surface area (Å²) < 4.78 is 217. The fourth-order valence-corrected chi connectivity index (χ4v) is 3.18. The Labute approximate surface area is 210 Å². The number of carbonyl (C=O) groups excluding carboxylic acids is 1. The van der Waals surface area contributed by atoms with Crippen LogP contribution in [0.5, 0.6) is 0 Å². The van der Waals surface area contributed by atoms with Gasteiger partial charge in [0.15, 0.2) is 0 Å². The van der Waals surface area contributed by atoms with Gasteiger partial charge in [0.1, 0.15) is 0 Å². The molecule has 0 saturated carbocycles. The van der Waals surface area contributed by atoms with E-state index in [2.05, 4.69) is 21.6 Å². The van der Waals surface area contributed by atoms with Crippen LogP contribution in [0.25, 0.3) is 0 Å². The molecular formula is C17H11ClF16N4O. The SMILES string of the molecule is O=C(N1CCN(c2ncccn2)CC1)C(F)(F)C(F)(F)C(F)(F)C(F)(F)C(F)(F)C(F)(F)C(F)(F)C(F)(F)Cl. The molecule has 22 heteroatoms. The molecule has 1 aromatic rings. The Balaban J connectivity index is 2.40. The zero-order valence-electron chi connectivity index (χ0n) is 18.2. The zero-order chi connectivity index (χ0) is 30.7. The van der Waals surface area contributed by atoms with Crippen molar-refractivity contribution >= 4 is 23.5 Å². The molecule has 2 heterocycles. The largest absolute Gasteiger partial charge is 0.393 e. The van der Waals surface area contributed by atoms with Crippen molar-refractivity contribution in [2.75, 3.05) is 31.1 Å². The maximum atomic E-state index is 14.2. The van der Waals surface area contributed by atoms with Crippen LogP contribution in [0.15, 0.2) is 18.5 Å². The van der Waals surface area contributed by atoms with E-state index in [1.54, 1.807) is 0 Å². The normalized spacial score (nSPS) is 17.5. The van der Waals surface area contributed by atoms with Crippen LogP contribution in [0.2, 0.25) is 0 Å². The van der Waals surface area contributed by atoms with Gasteiger partial charge in [0.05, 0.1) is 0 Å². The van der Waals surface area contributed by atoms with Gasteiger partial charge in [-0.1, -0.05) is 0 Å². The van der Waals surface area contributed by atoms with Crippen LogP contribution >= 0.6 is 11.6 Å². The fourth-order valence-electron chi connectivity index (χ4n) is 3.06. The minimum atomic E-state index is -8.62. The highest BCUT2D eigenvalue weighted by Gasteiger charge is 2.95. The molecule has 0 aliphatic carbocycles. The first kappa shape index (κ1) is 32.7. The number of nitrogens with zero attached hydrogens (tertiary/aromatic N) is 4. The Bertz CT molecular complexity index is 1040. The number of piperazine rings is 1. The first-order valence-corrected chi connectivity index (χ1v) is 10.1. The molecule has 0 unspecified atom stereocenters. The minimum absolute atomic E-state index is 0.0876. The summed E-state index contributed by atoms with van der Waals surface area (Å²) in [5.41, 5.74) is 0. The number of halogens is 17. The number of amides is 1. The highest BCUT2D eigenvalue weighted by atomic mass is 35.5. The van der Waals surface area contributed by atoms with E-state index in [0.717, 1.165) is 4.90 Å². The Morgan fingerprint density at radius 2 is 0.974 bits per heavy atom. The molecule has 0 bridgehead atoms. The molecule has 0 aromatic carbocycles. The molecule has 39 heavy (non-hydrogen) atoms. The smallest absolute Gasteiger partial charge is 0.337 e. The second-order valence-electron chi connectivity index (χ2n) is 7.85. The van der Waals surface area contributed by atoms with E-state index >= 15 is 0 Å². The minimum Gasteiger partial charge on any atom is -0.337 e. The van der Waals surface area contributed by atoms with Gasteiger partial charge in [-0.2, -0.15) is 70.2 Å². The molecule has 224 valence electrons. The molecule has 0 spiro atoms. The molecule has 0 atom stereocenters. The maximum absolute atomic E-state index is 14.2. The van der Waals surface area contributed by atoms with Crippen molar-refractivity contribution < 1.29 is 75.0 Å². The van der Waals surface area contributed by atoms with Gasteiger partial charge in [-0.05, 0) is 17.7 Å². The first-order valence-electron chi connectivity index (χ1n) is 9.76. The van der Waals surface area contributed by atoms with Crippen molar-refractivity contribution in [2.45, 2.75) is 46.8 Å². The lowest BCUT2D eigenvalue weighted by molar-refractivity contribution is -0.446. The third-order valence-corrected chi connectivity index (χ3v) is 5.63. The van der Waals surface area contributed by atoms with Crippen LogP contribution in [-0.2, 0) is 4.79 Å². The summed E-state index contributed by atoms with van der Waals surface area (Å²) in [5.74, 6) is -60.3. The van der Waals surface area contributed by atoms with Gasteiger partial charge in [-0.3, -0.25) is 4.79 Å². The van der Waals surface area contributed by atoms with E-state index in [4.69, 9.17) is 0 Å². The van der Waals surface area contributed by atoms with E-state index in [-0.39, 0.29) is 10.8 Å². The molecule has 1 aliphatic rings. The van der Waals surface area contributed by atoms with Crippen molar-refractivity contribution in [1.82, 2.24) is 14.9 Å². The van der Waals surface area contributed by atoms with E-state index in [0.29, 0.717) is 0 Å². The van der Waals surface area contributed by atoms with Crippen molar-refractivity contribution in [2.24, 2.45) is 0 Å². The molecule has 0 N–H and O–H groups in total. The van der Waals surface area contributed by atoms with Gasteiger partial charge in [0.25, 0.3) is 5.91 Å². The number of aromatic nitrogens is 2. The summed E-state index contributed by atoms with van der Waals surface area (Å²) in [7, 11) is 0. The van der Waals surface area contributed by atoms with Crippen molar-refractivity contribution in [3.05, 3.63) is 18.5 Å². The number of alkyl halides is 17. The molecule has 5 nitrogen and oxygen atoms in total. The monoisotopic (exact) mass is 626 g/mol. The molecule has 1 amide bonds. The van der Waals surface area contributed by atoms with Crippen LogP contribution in [0, 0.1) is 0 Å². The summed E-state index contributed by atoms with van der Waals surface area (Å²) >= 11 is 3.46. The van der Waals surface area contributed by atoms with Crippen LogP contribution in [0.4, 0.5) is 76.2 Å². The molecule has 1 fully saturated rings. The Morgan fingerprint density at radius 3 is 1.36 bits per heavy atom. The van der Waals surface area contributed by atoms with E-state index in [9.17, 15) is 75.0 Å². The third kappa shape index (κ3) is 4.66. The Morgan fingerprint density at radius 1 is 0.615 bits per heavy atom. The summed E-state index contributed by atoms with van der Waals surface area (Å²) in [6.45, 7) is -3.13. The Hall–Kier alpha value is -2.48. The highest BCUT2D eigenvalue weighted by Crippen LogP contribution is 2.64. The summed E-state index contributed by atoms with van der Waals surface area (Å²) in [6.07, 6.45) is 2.39. The number of carbonyl (C=O) groups is 1. The Kier molecular flexibility index (Phi) is 8.03. The van der Waals surface area contributed by atoms with Gasteiger partial charge in [-0.25, -0.2) is 9.97 Å². The van der Waals surface area contributed by atoms with Gasteiger partial charge in [0.2, 0.25) is 5.95 Å². The topological polar surface area (TPSA) is 49.3 Å². The van der Waals surface area contributed by atoms with Gasteiger partial charge < -0.3 is 9.80 Å². The average Bonchev–Trinajstić information content (AvgIpc) is 2.82. The van der Waals surface area contributed by atoms with Crippen molar-refractivity contribution in [3.63, 3.8) is 0 Å². The van der Waals surface area contributed by atoms with E-state index < -0.39 is 78.9 Å². The first-order chi connectivity index (χ1) is 17.2. The predicted octanol–water partition coefficient (Wildman–Crippen LogP) is 5.40. The number of hydrogen-bond donors (Lipinski definition) is 0. The van der Waals surface area contributed by atoms with Crippen LogP contribution < -0.4 is 4.90 Å². The number of hydrogen-bond acceptors (Lipinski definition) is 4. The lowest BCUT2D eigenvalue weighted by Gasteiger charge is -2.43. The van der Waals surface area contributed by atoms with E-state index in [1.807, 2.05) is 0 Å². The summed E-state index contributed by atoms with van der Waals surface area (Å²) in [6, 6.07) is 1.34. The van der Waals surface area contributed by atoms with Crippen LogP contribution in [-0.4, -0.2) is 93.8 Å². The third-order valence-electron chi connectivity index (χ3n) is 5.39. The quantitative estimate of drug-likeness (QED) is 0.272. The number of anilines is 1. The lowest BCUT2D eigenvalue weighted by atomic mass is 9.88. The lowest BCUT2D eigenvalue weighted by Crippen LogP contribution is -2.75. The zero-order valence-corrected chi connectivity index (χ0v) is 18.9. The van der Waals surface area contributed by atoms with Gasteiger partial charge in [0, 0.05) is 38.6 Å². The maximum Gasteiger partial charge on any atom is 0.393 e. The molecule has 0 radical (unpaired) electrons. The molecule has 1 saturated heterocycles. The van der Waals surface area contributed by atoms with Crippen molar-refractivity contribution in [3.8, 4) is 0 Å². The second-order valence-corrected chi connectivity index (χ2v) is 8.32. The molecule has 1 aliphatic heterocycles. The summed E-state index contributed by atoms with van der Waals surface area (Å²) in [5, 5.41) is -6.86. The molecular weight excluding hydrogens is 616 g/mol. The second kappa shape index (κ2) is 9.57. The number of rotatable bonds is 9. The van der Waals surface area contributed by atoms with E-state index in [1.165, 1.54) is 18.5 Å². The van der Waals surface area contributed by atoms with Crippen LogP contribution in [0.1, 0.15) is 0 Å². The van der Waals surface area contributed by atoms with Crippen LogP contribution in [0.3, 0.4) is 0 Å². The summed E-state index contributed by atoms with van der Waals surface area (Å²) in [4.78, 5) is 20.2. The van der Waals surface area contributed by atoms with Crippen molar-refractivity contribution in [1.29, 1.82) is 0 Å². The highest BCUT2D eigenvalue weighted by molar-refractivity contribution is 6.22.